The minimum absolute atomic E-state index is 0.225. The van der Waals surface area contributed by atoms with Crippen LogP contribution < -0.4 is 5.32 Å². The molecule has 1 unspecified atom stereocenters. The lowest BCUT2D eigenvalue weighted by Crippen LogP contribution is -2.42. The molecule has 0 radical (unpaired) electrons. The third-order valence-electron chi connectivity index (χ3n) is 4.29. The summed E-state index contributed by atoms with van der Waals surface area (Å²) in [5.41, 5.74) is 2.52. The first-order chi connectivity index (χ1) is 10.3. The molecule has 1 amide bonds. The van der Waals surface area contributed by atoms with Crippen molar-refractivity contribution in [2.75, 3.05) is 32.8 Å². The van der Waals surface area contributed by atoms with Crippen molar-refractivity contribution in [1.29, 1.82) is 0 Å². The van der Waals surface area contributed by atoms with Crippen molar-refractivity contribution in [2.24, 2.45) is 0 Å². The third-order valence-corrected chi connectivity index (χ3v) is 4.29. The van der Waals surface area contributed by atoms with Gasteiger partial charge in [-0.2, -0.15) is 0 Å². The van der Waals surface area contributed by atoms with E-state index in [0.717, 1.165) is 32.5 Å². The lowest BCUT2D eigenvalue weighted by atomic mass is 9.92. The summed E-state index contributed by atoms with van der Waals surface area (Å²) < 4.78 is 5.27. The summed E-state index contributed by atoms with van der Waals surface area (Å²) in [6.07, 6.45) is 5.83. The lowest BCUT2D eigenvalue weighted by Gasteiger charge is -2.28. The van der Waals surface area contributed by atoms with Gasteiger partial charge in [-0.1, -0.05) is 6.07 Å². The first-order valence-corrected chi connectivity index (χ1v) is 7.87. The van der Waals surface area contributed by atoms with Gasteiger partial charge in [0.05, 0.1) is 18.9 Å². The molecule has 5 heteroatoms. The van der Waals surface area contributed by atoms with Crippen molar-refractivity contribution in [3.63, 3.8) is 0 Å². The van der Waals surface area contributed by atoms with Gasteiger partial charge in [0.2, 0.25) is 5.91 Å². The highest BCUT2D eigenvalue weighted by molar-refractivity contribution is 5.76. The smallest absolute Gasteiger partial charge is 0.224 e. The Hall–Kier alpha value is -1.46. The molecule has 3 rings (SSSR count). The Balaban J connectivity index is 1.48. The number of hydrogen-bond acceptors (Lipinski definition) is 4. The maximum Gasteiger partial charge on any atom is 0.224 e. The number of amides is 1. The van der Waals surface area contributed by atoms with Crippen LogP contribution in [-0.2, 0) is 16.0 Å². The van der Waals surface area contributed by atoms with Crippen LogP contribution in [0.2, 0.25) is 0 Å². The highest BCUT2D eigenvalue weighted by atomic mass is 16.5. The minimum Gasteiger partial charge on any atom is -0.378 e. The number of ether oxygens (including phenoxy) is 1. The molecule has 0 aromatic carbocycles. The van der Waals surface area contributed by atoms with Crippen LogP contribution in [0.3, 0.4) is 0 Å². The molecular formula is C16H23N3O2. The largest absolute Gasteiger partial charge is 0.378 e. The number of morpholine rings is 1. The van der Waals surface area contributed by atoms with Gasteiger partial charge in [-0.05, 0) is 30.9 Å². The van der Waals surface area contributed by atoms with E-state index in [-0.39, 0.29) is 5.91 Å². The van der Waals surface area contributed by atoms with Gasteiger partial charge in [0.15, 0.2) is 0 Å². The molecule has 1 aromatic heterocycles. The fourth-order valence-corrected chi connectivity index (χ4v) is 3.13. The van der Waals surface area contributed by atoms with Crippen molar-refractivity contribution in [1.82, 2.24) is 15.2 Å². The third kappa shape index (κ3) is 3.60. The standard InChI is InChI=1S/C16H23N3O2/c20-15(19-9-11-21-12-10-19)6-8-17-14-5-1-3-13-4-2-7-18-16(13)14/h2,4,7,14,17H,1,3,5-6,8-12H2. The summed E-state index contributed by atoms with van der Waals surface area (Å²) >= 11 is 0. The predicted octanol–water partition coefficient (Wildman–Crippen LogP) is 1.30. The molecule has 1 aliphatic heterocycles. The van der Waals surface area contributed by atoms with E-state index in [1.807, 2.05) is 17.2 Å². The second kappa shape index (κ2) is 7.00. The average Bonchev–Trinajstić information content (AvgIpc) is 2.56. The van der Waals surface area contributed by atoms with E-state index in [9.17, 15) is 4.79 Å². The van der Waals surface area contributed by atoms with Crippen LogP contribution in [0.4, 0.5) is 0 Å². The van der Waals surface area contributed by atoms with Crippen molar-refractivity contribution >= 4 is 5.91 Å². The number of aryl methyl sites for hydroxylation is 1. The monoisotopic (exact) mass is 289 g/mol. The van der Waals surface area contributed by atoms with Crippen LogP contribution in [-0.4, -0.2) is 48.6 Å². The maximum absolute atomic E-state index is 12.1. The Labute approximate surface area is 125 Å². The molecule has 1 aromatic rings. The molecule has 1 atom stereocenters. The number of rotatable bonds is 4. The Morgan fingerprint density at radius 1 is 1.43 bits per heavy atom. The zero-order valence-corrected chi connectivity index (χ0v) is 12.4. The number of hydrogen-bond donors (Lipinski definition) is 1. The topological polar surface area (TPSA) is 54.5 Å². The van der Waals surface area contributed by atoms with Gasteiger partial charge < -0.3 is 15.0 Å². The van der Waals surface area contributed by atoms with Gasteiger partial charge in [0, 0.05) is 38.3 Å². The van der Waals surface area contributed by atoms with E-state index in [1.54, 1.807) is 0 Å². The minimum atomic E-state index is 0.225. The molecule has 0 saturated carbocycles. The molecule has 1 saturated heterocycles. The Morgan fingerprint density at radius 3 is 3.14 bits per heavy atom. The van der Waals surface area contributed by atoms with E-state index in [0.29, 0.717) is 25.7 Å². The number of nitrogens with one attached hydrogen (secondary N) is 1. The van der Waals surface area contributed by atoms with Gasteiger partial charge in [0.25, 0.3) is 0 Å². The second-order valence-electron chi connectivity index (χ2n) is 5.69. The Morgan fingerprint density at radius 2 is 2.29 bits per heavy atom. The molecule has 5 nitrogen and oxygen atoms in total. The number of pyridine rings is 1. The fourth-order valence-electron chi connectivity index (χ4n) is 3.13. The van der Waals surface area contributed by atoms with E-state index in [4.69, 9.17) is 4.74 Å². The number of nitrogens with zero attached hydrogens (tertiary/aromatic N) is 2. The van der Waals surface area contributed by atoms with Gasteiger partial charge in [-0.3, -0.25) is 9.78 Å². The number of fused-ring (bicyclic) bond motifs is 1. The summed E-state index contributed by atoms with van der Waals surface area (Å²) in [6, 6.07) is 4.46. The lowest BCUT2D eigenvalue weighted by molar-refractivity contribution is -0.135. The zero-order chi connectivity index (χ0) is 14.5. The summed E-state index contributed by atoms with van der Waals surface area (Å²) in [7, 11) is 0. The molecule has 21 heavy (non-hydrogen) atoms. The van der Waals surface area contributed by atoms with Crippen LogP contribution in [0, 0.1) is 0 Å². The van der Waals surface area contributed by atoms with Crippen LogP contribution in [0.25, 0.3) is 0 Å². The van der Waals surface area contributed by atoms with Gasteiger partial charge >= 0.3 is 0 Å². The van der Waals surface area contributed by atoms with Crippen molar-refractivity contribution in [3.05, 3.63) is 29.6 Å². The predicted molar refractivity (Wildman–Crippen MR) is 79.9 cm³/mol. The Bertz CT molecular complexity index is 486. The van der Waals surface area contributed by atoms with E-state index in [2.05, 4.69) is 16.4 Å². The van der Waals surface area contributed by atoms with Gasteiger partial charge in [0.1, 0.15) is 0 Å². The molecule has 1 aliphatic carbocycles. The molecule has 2 heterocycles. The SMILES string of the molecule is O=C(CCNC1CCCc2cccnc21)N1CCOCC1. The summed E-state index contributed by atoms with van der Waals surface area (Å²) in [4.78, 5) is 18.5. The molecule has 2 aliphatic rings. The van der Waals surface area contributed by atoms with Crippen molar-refractivity contribution in [2.45, 2.75) is 31.7 Å². The normalized spacial score (nSPS) is 21.9. The van der Waals surface area contributed by atoms with Crippen molar-refractivity contribution in [3.8, 4) is 0 Å². The number of aromatic nitrogens is 1. The quantitative estimate of drug-likeness (QED) is 0.907. The van der Waals surface area contributed by atoms with Gasteiger partial charge in [-0.25, -0.2) is 0 Å². The number of carbonyl (C=O) groups excluding carboxylic acids is 1. The number of carbonyl (C=O) groups is 1. The molecule has 0 spiro atoms. The molecule has 1 fully saturated rings. The van der Waals surface area contributed by atoms with Gasteiger partial charge in [-0.15, -0.1) is 0 Å². The average molecular weight is 289 g/mol. The van der Waals surface area contributed by atoms with Crippen LogP contribution in [0.1, 0.15) is 36.6 Å². The molecule has 114 valence electrons. The highest BCUT2D eigenvalue weighted by Gasteiger charge is 2.21. The summed E-state index contributed by atoms with van der Waals surface area (Å²) in [6.45, 7) is 3.51. The maximum atomic E-state index is 12.1. The molecule has 1 N–H and O–H groups in total. The van der Waals surface area contributed by atoms with Crippen LogP contribution in [0.15, 0.2) is 18.3 Å². The summed E-state index contributed by atoms with van der Waals surface area (Å²) in [5.74, 6) is 0.225. The van der Waals surface area contributed by atoms with Crippen molar-refractivity contribution < 1.29 is 9.53 Å². The first kappa shape index (κ1) is 14.5. The van der Waals surface area contributed by atoms with E-state index in [1.165, 1.54) is 17.7 Å². The zero-order valence-electron chi connectivity index (χ0n) is 12.4. The highest BCUT2D eigenvalue weighted by Crippen LogP contribution is 2.27. The summed E-state index contributed by atoms with van der Waals surface area (Å²) in [5, 5.41) is 3.51. The van der Waals surface area contributed by atoms with Crippen LogP contribution in [0.5, 0.6) is 0 Å². The first-order valence-electron chi connectivity index (χ1n) is 7.87. The molecular weight excluding hydrogens is 266 g/mol. The fraction of sp³-hybridized carbons (Fsp3) is 0.625. The molecule has 0 bridgehead atoms. The van der Waals surface area contributed by atoms with E-state index >= 15 is 0 Å². The Kier molecular flexibility index (Phi) is 4.83. The van der Waals surface area contributed by atoms with E-state index < -0.39 is 0 Å². The second-order valence-corrected chi connectivity index (χ2v) is 5.69. The van der Waals surface area contributed by atoms with Crippen LogP contribution >= 0.6 is 0 Å².